The summed E-state index contributed by atoms with van der Waals surface area (Å²) in [5, 5.41) is 20.4. The highest BCUT2D eigenvalue weighted by Gasteiger charge is 2.46. The molecule has 2 heterocycles. The van der Waals surface area contributed by atoms with Crippen molar-refractivity contribution in [3.8, 4) is 5.75 Å². The molecule has 0 aromatic heterocycles. The van der Waals surface area contributed by atoms with E-state index in [2.05, 4.69) is 0 Å². The Morgan fingerprint density at radius 1 is 1.15 bits per heavy atom. The molecule has 33 heavy (non-hydrogen) atoms. The minimum atomic E-state index is -1.30. The molecule has 0 bridgehead atoms. The highest BCUT2D eigenvalue weighted by molar-refractivity contribution is 6.21. The number of hydroxylamine groups is 2. The highest BCUT2D eigenvalue weighted by Crippen LogP contribution is 2.32. The first kappa shape index (κ1) is 24.9. The van der Waals surface area contributed by atoms with Gasteiger partial charge in [-0.05, 0) is 64.7 Å². The number of ether oxygens (including phenoxy) is 2. The molecule has 0 radical (unpaired) electrons. The van der Waals surface area contributed by atoms with Gasteiger partial charge in [0.25, 0.3) is 11.8 Å². The summed E-state index contributed by atoms with van der Waals surface area (Å²) in [6, 6.07) is 3.96. The normalized spacial score (nSPS) is 20.8. The van der Waals surface area contributed by atoms with Crippen molar-refractivity contribution in [3.63, 3.8) is 0 Å². The van der Waals surface area contributed by atoms with Crippen molar-refractivity contribution in [3.05, 3.63) is 29.3 Å². The molecule has 182 valence electrons. The van der Waals surface area contributed by atoms with Crippen LogP contribution in [0.3, 0.4) is 0 Å². The van der Waals surface area contributed by atoms with Crippen LogP contribution in [0, 0.1) is 0 Å². The SMILES string of the molecule is COC(=O)N(CCCCCOc1ccc2c(c1)C(=O)N(C1CCN(O)C1O)C2=O)C(C)(C)C. The maximum atomic E-state index is 12.8. The van der Waals surface area contributed by atoms with Crippen LogP contribution in [0.5, 0.6) is 5.75 Å². The van der Waals surface area contributed by atoms with Gasteiger partial charge in [-0.3, -0.25) is 14.5 Å². The van der Waals surface area contributed by atoms with Gasteiger partial charge in [0.1, 0.15) is 12.0 Å². The second-order valence-corrected chi connectivity index (χ2v) is 9.32. The van der Waals surface area contributed by atoms with Crippen LogP contribution in [0.25, 0.3) is 0 Å². The summed E-state index contributed by atoms with van der Waals surface area (Å²) in [6.07, 6.45) is 1.06. The van der Waals surface area contributed by atoms with Crippen molar-refractivity contribution in [1.29, 1.82) is 0 Å². The number of carbonyl (C=O) groups is 3. The molecule has 1 fully saturated rings. The van der Waals surface area contributed by atoms with Crippen molar-refractivity contribution in [2.75, 3.05) is 26.8 Å². The number of amides is 3. The fourth-order valence-electron chi connectivity index (χ4n) is 4.19. The van der Waals surface area contributed by atoms with Crippen LogP contribution >= 0.6 is 0 Å². The Kier molecular flexibility index (Phi) is 7.61. The molecule has 0 spiro atoms. The topological polar surface area (TPSA) is 120 Å². The Bertz CT molecular complexity index is 899. The number of fused-ring (bicyclic) bond motifs is 1. The third kappa shape index (κ3) is 5.29. The van der Waals surface area contributed by atoms with Gasteiger partial charge in [0, 0.05) is 18.6 Å². The molecule has 2 aliphatic heterocycles. The van der Waals surface area contributed by atoms with Gasteiger partial charge in [0.15, 0.2) is 0 Å². The van der Waals surface area contributed by atoms with Crippen molar-refractivity contribution in [1.82, 2.24) is 14.9 Å². The lowest BCUT2D eigenvalue weighted by Crippen LogP contribution is -2.47. The summed E-state index contributed by atoms with van der Waals surface area (Å²) in [6.45, 7) is 7.07. The summed E-state index contributed by atoms with van der Waals surface area (Å²) < 4.78 is 10.6. The second kappa shape index (κ2) is 10.1. The molecule has 3 amide bonds. The highest BCUT2D eigenvalue weighted by atomic mass is 16.5. The Morgan fingerprint density at radius 2 is 1.85 bits per heavy atom. The number of aliphatic hydroxyl groups excluding tert-OH is 1. The Labute approximate surface area is 193 Å². The predicted molar refractivity (Wildman–Crippen MR) is 118 cm³/mol. The first-order valence-electron chi connectivity index (χ1n) is 11.2. The summed E-state index contributed by atoms with van der Waals surface area (Å²) in [7, 11) is 1.38. The summed E-state index contributed by atoms with van der Waals surface area (Å²) >= 11 is 0. The van der Waals surface area contributed by atoms with E-state index >= 15 is 0 Å². The van der Waals surface area contributed by atoms with Gasteiger partial charge >= 0.3 is 6.09 Å². The zero-order valence-corrected chi connectivity index (χ0v) is 19.6. The molecular weight excluding hydrogens is 430 g/mol. The molecule has 3 rings (SSSR count). The number of rotatable bonds is 8. The molecule has 10 nitrogen and oxygen atoms in total. The fourth-order valence-corrected chi connectivity index (χ4v) is 4.19. The lowest BCUT2D eigenvalue weighted by atomic mass is 10.1. The van der Waals surface area contributed by atoms with E-state index in [1.54, 1.807) is 23.1 Å². The number of methoxy groups -OCH3 is 1. The Morgan fingerprint density at radius 3 is 2.45 bits per heavy atom. The van der Waals surface area contributed by atoms with E-state index in [4.69, 9.17) is 9.47 Å². The minimum absolute atomic E-state index is 0.181. The van der Waals surface area contributed by atoms with Crippen LogP contribution in [0.15, 0.2) is 18.2 Å². The monoisotopic (exact) mass is 463 g/mol. The van der Waals surface area contributed by atoms with Gasteiger partial charge in [0.05, 0.1) is 30.9 Å². The van der Waals surface area contributed by atoms with Crippen molar-refractivity contribution in [2.45, 2.75) is 64.3 Å². The van der Waals surface area contributed by atoms with E-state index < -0.39 is 24.1 Å². The Hall–Kier alpha value is -2.69. The quantitative estimate of drug-likeness (QED) is 0.446. The lowest BCUT2D eigenvalue weighted by molar-refractivity contribution is -0.179. The number of hydrogen-bond donors (Lipinski definition) is 2. The van der Waals surface area contributed by atoms with Crippen LogP contribution < -0.4 is 4.74 Å². The second-order valence-electron chi connectivity index (χ2n) is 9.32. The molecule has 10 heteroatoms. The smallest absolute Gasteiger partial charge is 0.409 e. The molecule has 1 aromatic carbocycles. The van der Waals surface area contributed by atoms with Crippen molar-refractivity contribution < 1.29 is 34.2 Å². The molecular formula is C23H33N3O7. The van der Waals surface area contributed by atoms with Crippen LogP contribution in [0.4, 0.5) is 4.79 Å². The number of aliphatic hydroxyl groups is 1. The van der Waals surface area contributed by atoms with Gasteiger partial charge in [0.2, 0.25) is 0 Å². The van der Waals surface area contributed by atoms with Crippen LogP contribution in [-0.2, 0) is 4.74 Å². The predicted octanol–water partition coefficient (Wildman–Crippen LogP) is 2.48. The fraction of sp³-hybridized carbons (Fsp3) is 0.609. The third-order valence-corrected chi connectivity index (χ3v) is 6.02. The van der Waals surface area contributed by atoms with Gasteiger partial charge in [-0.25, -0.2) is 4.79 Å². The van der Waals surface area contributed by atoms with E-state index in [9.17, 15) is 24.7 Å². The van der Waals surface area contributed by atoms with E-state index in [0.717, 1.165) is 29.2 Å². The maximum Gasteiger partial charge on any atom is 0.409 e. The minimum Gasteiger partial charge on any atom is -0.494 e. The molecule has 2 N–H and O–H groups in total. The average Bonchev–Trinajstić information content (AvgIpc) is 3.21. The van der Waals surface area contributed by atoms with Crippen LogP contribution in [0.2, 0.25) is 0 Å². The van der Waals surface area contributed by atoms with E-state index in [-0.39, 0.29) is 29.3 Å². The van der Waals surface area contributed by atoms with Gasteiger partial charge < -0.3 is 24.7 Å². The average molecular weight is 464 g/mol. The molecule has 2 aliphatic rings. The summed E-state index contributed by atoms with van der Waals surface area (Å²) in [5.74, 6) is -0.488. The lowest BCUT2D eigenvalue weighted by Gasteiger charge is -2.34. The molecule has 2 unspecified atom stereocenters. The molecule has 1 aromatic rings. The molecule has 0 aliphatic carbocycles. The summed E-state index contributed by atoms with van der Waals surface area (Å²) in [4.78, 5) is 40.2. The molecule has 1 saturated heterocycles. The number of nitrogens with zero attached hydrogens (tertiary/aromatic N) is 3. The van der Waals surface area contributed by atoms with Gasteiger partial charge in [-0.15, -0.1) is 0 Å². The zero-order chi connectivity index (χ0) is 24.3. The molecule has 2 atom stereocenters. The van der Waals surface area contributed by atoms with Gasteiger partial charge in [-0.2, -0.15) is 5.06 Å². The largest absolute Gasteiger partial charge is 0.494 e. The zero-order valence-electron chi connectivity index (χ0n) is 19.6. The van der Waals surface area contributed by atoms with E-state index in [1.807, 2.05) is 20.8 Å². The van der Waals surface area contributed by atoms with Crippen molar-refractivity contribution in [2.24, 2.45) is 0 Å². The van der Waals surface area contributed by atoms with Gasteiger partial charge in [-0.1, -0.05) is 0 Å². The molecule has 0 saturated carbocycles. The number of imide groups is 1. The number of benzene rings is 1. The van der Waals surface area contributed by atoms with Crippen LogP contribution in [-0.4, -0.2) is 87.7 Å². The van der Waals surface area contributed by atoms with E-state index in [0.29, 0.717) is 25.3 Å². The van der Waals surface area contributed by atoms with Crippen LogP contribution in [0.1, 0.15) is 67.2 Å². The standard InChI is InChI=1S/C23H33N3O7/c1-23(2,3)24(22(30)32-4)11-6-5-7-13-33-15-8-9-16-17(14-15)20(28)26(19(16)27)18-10-12-25(31)21(18)29/h8-9,14,18,21,29,31H,5-7,10-13H2,1-4H3. The number of hydrogen-bond acceptors (Lipinski definition) is 8. The number of unbranched alkanes of at least 4 members (excludes halogenated alkanes) is 2. The van der Waals surface area contributed by atoms with E-state index in [1.165, 1.54) is 7.11 Å². The summed E-state index contributed by atoms with van der Waals surface area (Å²) in [5.41, 5.74) is 0.177. The third-order valence-electron chi connectivity index (χ3n) is 6.02. The maximum absolute atomic E-state index is 12.8. The Balaban J connectivity index is 1.50. The first-order valence-corrected chi connectivity index (χ1v) is 11.2. The first-order chi connectivity index (χ1) is 15.6. The number of carbonyl (C=O) groups excluding carboxylic acids is 3. The van der Waals surface area contributed by atoms with Crippen molar-refractivity contribution >= 4 is 17.9 Å².